The molecule has 1 atom stereocenters. The molecule has 104 valence electrons. The summed E-state index contributed by atoms with van der Waals surface area (Å²) in [5.74, 6) is 0. The molecule has 4 rings (SSSR count). The molecule has 5 heteroatoms. The van der Waals surface area contributed by atoms with Crippen molar-refractivity contribution in [2.45, 2.75) is 18.9 Å². The van der Waals surface area contributed by atoms with Crippen LogP contribution in [0.4, 0.5) is 0 Å². The molecule has 0 radical (unpaired) electrons. The maximum absolute atomic E-state index is 5.46. The first kappa shape index (κ1) is 12.1. The quantitative estimate of drug-likeness (QED) is 0.558. The van der Waals surface area contributed by atoms with Crippen LogP contribution in [0, 0.1) is 0 Å². The molecule has 1 aliphatic rings. The van der Waals surface area contributed by atoms with Gasteiger partial charge in [-0.15, -0.1) is 0 Å². The second-order valence-electron chi connectivity index (χ2n) is 5.23. The van der Waals surface area contributed by atoms with E-state index in [1.165, 1.54) is 17.5 Å². The van der Waals surface area contributed by atoms with Crippen LogP contribution in [-0.2, 0) is 6.42 Å². The van der Waals surface area contributed by atoms with Crippen molar-refractivity contribution in [3.05, 3.63) is 47.9 Å². The molecule has 5 nitrogen and oxygen atoms in total. The molecule has 3 aromatic rings. The van der Waals surface area contributed by atoms with Gasteiger partial charge in [-0.1, -0.05) is 12.1 Å². The molecular formula is C16H15N5. The summed E-state index contributed by atoms with van der Waals surface area (Å²) in [4.78, 5) is 16.2. The molecule has 0 aliphatic heterocycles. The molecule has 0 saturated heterocycles. The Morgan fingerprint density at radius 1 is 1.29 bits per heavy atom. The van der Waals surface area contributed by atoms with E-state index in [4.69, 9.17) is 5.73 Å². The number of benzene rings is 1. The van der Waals surface area contributed by atoms with Gasteiger partial charge in [-0.05, 0) is 36.1 Å². The molecule has 0 bridgehead atoms. The van der Waals surface area contributed by atoms with Crippen LogP contribution in [0.25, 0.3) is 22.3 Å². The van der Waals surface area contributed by atoms with Gasteiger partial charge in [0.15, 0.2) is 0 Å². The second-order valence-corrected chi connectivity index (χ2v) is 5.23. The molecule has 2 heterocycles. The Morgan fingerprint density at radius 3 is 3.14 bits per heavy atom. The van der Waals surface area contributed by atoms with Crippen LogP contribution in [0.15, 0.2) is 41.8 Å². The molecular weight excluding hydrogens is 262 g/mol. The number of fused-ring (bicyclic) bond motifs is 2. The van der Waals surface area contributed by atoms with E-state index in [-0.39, 0.29) is 6.04 Å². The predicted molar refractivity (Wildman–Crippen MR) is 83.1 cm³/mol. The van der Waals surface area contributed by atoms with Gasteiger partial charge < -0.3 is 10.7 Å². The number of hydrogen-bond donors (Lipinski definition) is 2. The predicted octanol–water partition coefficient (Wildman–Crippen LogP) is 2.60. The Bertz CT molecular complexity index is 834. The summed E-state index contributed by atoms with van der Waals surface area (Å²) in [5, 5.41) is 1.04. The SMILES string of the molecule is NC=N[C@H]1CCc2ccc(-c3ncnc4[nH]ccc34)cc21. The summed E-state index contributed by atoms with van der Waals surface area (Å²) >= 11 is 0. The largest absolute Gasteiger partial charge is 0.390 e. The average Bonchev–Trinajstić information content (AvgIpc) is 3.14. The highest BCUT2D eigenvalue weighted by atomic mass is 14.9. The average molecular weight is 277 g/mol. The van der Waals surface area contributed by atoms with Gasteiger partial charge in [0.2, 0.25) is 0 Å². The third kappa shape index (κ3) is 1.89. The Morgan fingerprint density at radius 2 is 2.24 bits per heavy atom. The molecule has 21 heavy (non-hydrogen) atoms. The smallest absolute Gasteiger partial charge is 0.141 e. The van der Waals surface area contributed by atoms with Crippen molar-refractivity contribution in [1.82, 2.24) is 15.0 Å². The molecule has 0 fully saturated rings. The second kappa shape index (κ2) is 4.70. The standard InChI is InChI=1S/C16H15N5/c17-8-19-14-4-3-10-1-2-11(7-13(10)14)15-12-5-6-18-16(12)21-9-20-15/h1-2,5-9,14H,3-4H2,(H2,17,19)(H,18,20,21)/t14-/m0/s1. The van der Waals surface area contributed by atoms with Crippen LogP contribution in [0.5, 0.6) is 0 Å². The number of nitrogens with zero attached hydrogens (tertiary/aromatic N) is 3. The normalized spacial score (nSPS) is 17.6. The van der Waals surface area contributed by atoms with E-state index in [9.17, 15) is 0 Å². The maximum Gasteiger partial charge on any atom is 0.141 e. The van der Waals surface area contributed by atoms with Gasteiger partial charge in [0.1, 0.15) is 12.0 Å². The molecule has 0 saturated carbocycles. The van der Waals surface area contributed by atoms with E-state index in [1.807, 2.05) is 12.3 Å². The maximum atomic E-state index is 5.46. The molecule has 2 aromatic heterocycles. The zero-order chi connectivity index (χ0) is 14.2. The first-order chi connectivity index (χ1) is 10.4. The minimum absolute atomic E-state index is 0.175. The van der Waals surface area contributed by atoms with E-state index in [1.54, 1.807) is 6.33 Å². The lowest BCUT2D eigenvalue weighted by Gasteiger charge is -2.09. The van der Waals surface area contributed by atoms with Crippen molar-refractivity contribution in [2.24, 2.45) is 10.7 Å². The van der Waals surface area contributed by atoms with E-state index in [2.05, 4.69) is 38.1 Å². The molecule has 3 N–H and O–H groups in total. The number of nitrogens with two attached hydrogens (primary N) is 1. The fourth-order valence-corrected chi connectivity index (χ4v) is 3.09. The van der Waals surface area contributed by atoms with Crippen LogP contribution in [0.2, 0.25) is 0 Å². The van der Waals surface area contributed by atoms with Gasteiger partial charge >= 0.3 is 0 Å². The van der Waals surface area contributed by atoms with Crippen molar-refractivity contribution in [1.29, 1.82) is 0 Å². The van der Waals surface area contributed by atoms with Crippen LogP contribution in [0.1, 0.15) is 23.6 Å². The van der Waals surface area contributed by atoms with E-state index >= 15 is 0 Å². The number of aryl methyl sites for hydroxylation is 1. The number of H-pyrrole nitrogens is 1. The Kier molecular flexibility index (Phi) is 2.70. The lowest BCUT2D eigenvalue weighted by atomic mass is 10.0. The third-order valence-electron chi connectivity index (χ3n) is 4.09. The van der Waals surface area contributed by atoms with E-state index in [0.717, 1.165) is 35.1 Å². The van der Waals surface area contributed by atoms with Crippen molar-refractivity contribution in [3.8, 4) is 11.3 Å². The first-order valence-electron chi connectivity index (χ1n) is 7.01. The van der Waals surface area contributed by atoms with Gasteiger partial charge in [-0.3, -0.25) is 4.99 Å². The van der Waals surface area contributed by atoms with Gasteiger partial charge in [0, 0.05) is 17.1 Å². The topological polar surface area (TPSA) is 79.9 Å². The van der Waals surface area contributed by atoms with Crippen molar-refractivity contribution in [3.63, 3.8) is 0 Å². The summed E-state index contributed by atoms with van der Waals surface area (Å²) in [6, 6.07) is 8.68. The van der Waals surface area contributed by atoms with Crippen LogP contribution >= 0.6 is 0 Å². The highest BCUT2D eigenvalue weighted by Gasteiger charge is 2.22. The lowest BCUT2D eigenvalue weighted by molar-refractivity contribution is 0.718. The molecule has 0 amide bonds. The number of rotatable bonds is 2. The zero-order valence-corrected chi connectivity index (χ0v) is 11.5. The monoisotopic (exact) mass is 277 g/mol. The zero-order valence-electron chi connectivity index (χ0n) is 11.5. The number of nitrogens with one attached hydrogen (secondary N) is 1. The van der Waals surface area contributed by atoms with Crippen molar-refractivity contribution in [2.75, 3.05) is 0 Å². The van der Waals surface area contributed by atoms with Gasteiger partial charge in [-0.2, -0.15) is 0 Å². The van der Waals surface area contributed by atoms with Crippen LogP contribution in [0.3, 0.4) is 0 Å². The Labute approximate surface area is 122 Å². The highest BCUT2D eigenvalue weighted by Crippen LogP contribution is 2.37. The Hall–Kier alpha value is -2.69. The molecule has 0 unspecified atom stereocenters. The minimum atomic E-state index is 0.175. The summed E-state index contributed by atoms with van der Waals surface area (Å²) in [6.07, 6.45) is 6.97. The minimum Gasteiger partial charge on any atom is -0.390 e. The summed E-state index contributed by atoms with van der Waals surface area (Å²) in [7, 11) is 0. The summed E-state index contributed by atoms with van der Waals surface area (Å²) < 4.78 is 0. The molecule has 1 aliphatic carbocycles. The van der Waals surface area contributed by atoms with Crippen molar-refractivity contribution >= 4 is 17.4 Å². The first-order valence-corrected chi connectivity index (χ1v) is 7.01. The van der Waals surface area contributed by atoms with Gasteiger partial charge in [0.05, 0.1) is 18.1 Å². The third-order valence-corrected chi connectivity index (χ3v) is 4.09. The van der Waals surface area contributed by atoms with E-state index < -0.39 is 0 Å². The number of aliphatic imine (C=N–C) groups is 1. The summed E-state index contributed by atoms with van der Waals surface area (Å²) in [5.41, 5.74) is 11.0. The van der Waals surface area contributed by atoms with Gasteiger partial charge in [0.25, 0.3) is 0 Å². The Balaban J connectivity index is 1.87. The fraction of sp³-hybridized carbons (Fsp3) is 0.188. The number of hydrogen-bond acceptors (Lipinski definition) is 3. The molecule has 0 spiro atoms. The van der Waals surface area contributed by atoms with E-state index in [0.29, 0.717) is 0 Å². The van der Waals surface area contributed by atoms with Gasteiger partial charge in [-0.25, -0.2) is 9.97 Å². The van der Waals surface area contributed by atoms with Crippen molar-refractivity contribution < 1.29 is 0 Å². The number of aromatic amines is 1. The fourth-order valence-electron chi connectivity index (χ4n) is 3.09. The highest BCUT2D eigenvalue weighted by molar-refractivity contribution is 5.90. The molecule has 1 aromatic carbocycles. The van der Waals surface area contributed by atoms with Crippen LogP contribution < -0.4 is 5.73 Å². The number of aromatic nitrogens is 3. The summed E-state index contributed by atoms with van der Waals surface area (Å²) in [6.45, 7) is 0. The van der Waals surface area contributed by atoms with Crippen LogP contribution in [-0.4, -0.2) is 21.3 Å². The lowest BCUT2D eigenvalue weighted by Crippen LogP contribution is -1.96.